The van der Waals surface area contributed by atoms with Crippen LogP contribution in [0.3, 0.4) is 0 Å². The van der Waals surface area contributed by atoms with E-state index in [0.717, 1.165) is 10.2 Å². The van der Waals surface area contributed by atoms with E-state index in [-0.39, 0.29) is 5.82 Å². The van der Waals surface area contributed by atoms with E-state index in [9.17, 15) is 15.3 Å². The molecule has 2 aliphatic heterocycles. The summed E-state index contributed by atoms with van der Waals surface area (Å²) in [6, 6.07) is 5.53. The number of imidazole rings is 1. The second kappa shape index (κ2) is 8.82. The van der Waals surface area contributed by atoms with Gasteiger partial charge < -0.3 is 31.5 Å². The Morgan fingerprint density at radius 1 is 1.29 bits per heavy atom. The SMILES string of the molecule is CCCC1(Cl)N=c2c(ncn2[C@@H]2O[C@H](CO)[C@@H](O)[C@H]2O)=C(N)N1Sc1nc2ccc(N)cc2s1. The first-order valence-corrected chi connectivity index (χ1v) is 12.6. The van der Waals surface area contributed by atoms with Crippen LogP contribution in [0.25, 0.3) is 16.0 Å². The molecule has 7 N–H and O–H groups in total. The third-order valence-corrected chi connectivity index (χ3v) is 8.50. The number of nitrogens with zero attached hydrogens (tertiary/aromatic N) is 5. The molecule has 1 aromatic carbocycles. The van der Waals surface area contributed by atoms with Crippen molar-refractivity contribution in [2.24, 2.45) is 10.7 Å². The lowest BCUT2D eigenvalue weighted by Crippen LogP contribution is -2.53. The standard InChI is InChI=1S/C20H24ClN7O4S2/c1-2-5-20(21)26-17-13(24-8-27(17)18-15(31)14(30)11(7-29)32-18)16(23)28(20)34-19-25-10-4-3-9(22)6-12(10)33-19/h3-4,6,8,11,14-15,18,29-31H,2,5,7,22-23H2,1H3/t11-,14-,15-,18-,20?/m1/s1. The molecular weight excluding hydrogens is 502 g/mol. The number of nitrogen functional groups attached to an aromatic ring is 1. The van der Waals surface area contributed by atoms with Crippen molar-refractivity contribution in [3.63, 3.8) is 0 Å². The molecule has 14 heteroatoms. The van der Waals surface area contributed by atoms with Crippen molar-refractivity contribution < 1.29 is 20.1 Å². The van der Waals surface area contributed by atoms with Crippen LogP contribution >= 0.6 is 34.9 Å². The van der Waals surface area contributed by atoms with Gasteiger partial charge in [0.1, 0.15) is 29.5 Å². The highest BCUT2D eigenvalue weighted by Gasteiger charge is 2.45. The number of aliphatic hydroxyl groups is 3. The van der Waals surface area contributed by atoms with Crippen molar-refractivity contribution in [3.8, 4) is 0 Å². The number of thiazole rings is 1. The number of benzene rings is 1. The van der Waals surface area contributed by atoms with Crippen molar-refractivity contribution in [2.45, 2.75) is 53.8 Å². The zero-order valence-electron chi connectivity index (χ0n) is 18.1. The van der Waals surface area contributed by atoms with E-state index < -0.39 is 36.3 Å². The molecule has 1 fully saturated rings. The van der Waals surface area contributed by atoms with Gasteiger partial charge in [0.05, 0.1) is 23.2 Å². The zero-order valence-corrected chi connectivity index (χ0v) is 20.5. The lowest BCUT2D eigenvalue weighted by atomic mass is 10.1. The molecule has 0 amide bonds. The number of aromatic nitrogens is 3. The summed E-state index contributed by atoms with van der Waals surface area (Å²) >= 11 is 9.79. The molecule has 5 rings (SSSR count). The van der Waals surface area contributed by atoms with Gasteiger partial charge in [-0.2, -0.15) is 0 Å². The maximum absolute atomic E-state index is 10.5. The molecule has 34 heavy (non-hydrogen) atoms. The average molecular weight is 526 g/mol. The molecule has 5 atom stereocenters. The summed E-state index contributed by atoms with van der Waals surface area (Å²) in [5, 5.41) is 29.2. The van der Waals surface area contributed by atoms with Crippen LogP contribution in [-0.4, -0.2) is 64.2 Å². The fourth-order valence-corrected chi connectivity index (χ4v) is 6.67. The Morgan fingerprint density at radius 2 is 2.09 bits per heavy atom. The number of rotatable bonds is 6. The number of alkyl halides is 1. The highest BCUT2D eigenvalue weighted by atomic mass is 35.5. The van der Waals surface area contributed by atoms with Crippen LogP contribution < -0.4 is 22.3 Å². The Balaban J connectivity index is 1.57. The molecule has 0 spiro atoms. The summed E-state index contributed by atoms with van der Waals surface area (Å²) in [4.78, 5) is 13.8. The second-order valence-electron chi connectivity index (χ2n) is 8.11. The van der Waals surface area contributed by atoms with Crippen molar-refractivity contribution in [3.05, 3.63) is 35.4 Å². The van der Waals surface area contributed by atoms with E-state index in [0.29, 0.717) is 33.7 Å². The minimum Gasteiger partial charge on any atom is -0.399 e. The fraction of sp³-hybridized carbons (Fsp3) is 0.450. The predicted molar refractivity (Wildman–Crippen MR) is 129 cm³/mol. The third kappa shape index (κ3) is 3.81. The van der Waals surface area contributed by atoms with E-state index in [1.165, 1.54) is 34.2 Å². The van der Waals surface area contributed by atoms with Crippen LogP contribution in [0, 0.1) is 0 Å². The zero-order chi connectivity index (χ0) is 24.2. The molecule has 0 bridgehead atoms. The maximum atomic E-state index is 10.5. The van der Waals surface area contributed by atoms with Crippen molar-refractivity contribution in [2.75, 3.05) is 12.3 Å². The van der Waals surface area contributed by atoms with Crippen molar-refractivity contribution in [1.82, 2.24) is 18.8 Å². The lowest BCUT2D eigenvalue weighted by molar-refractivity contribution is -0.0547. The van der Waals surface area contributed by atoms with Crippen LogP contribution in [0.5, 0.6) is 0 Å². The normalized spacial score (nSPS) is 29.0. The summed E-state index contributed by atoms with van der Waals surface area (Å²) in [5.41, 5.74) is 14.3. The number of anilines is 1. The van der Waals surface area contributed by atoms with Gasteiger partial charge >= 0.3 is 0 Å². The Bertz CT molecular complexity index is 1350. The number of hydrogen-bond donors (Lipinski definition) is 5. The predicted octanol–water partition coefficient (Wildman–Crippen LogP) is 0.0461. The van der Waals surface area contributed by atoms with Gasteiger partial charge in [0.25, 0.3) is 0 Å². The largest absolute Gasteiger partial charge is 0.399 e. The average Bonchev–Trinajstić information content (AvgIpc) is 3.47. The number of nitrogens with two attached hydrogens (primary N) is 2. The monoisotopic (exact) mass is 525 g/mol. The van der Waals surface area contributed by atoms with Crippen LogP contribution in [0.4, 0.5) is 5.69 Å². The summed E-state index contributed by atoms with van der Waals surface area (Å²) < 4.78 is 10.5. The van der Waals surface area contributed by atoms with Crippen LogP contribution in [0.15, 0.2) is 33.9 Å². The van der Waals surface area contributed by atoms with Gasteiger partial charge in [-0.25, -0.2) is 15.0 Å². The molecule has 11 nitrogen and oxygen atoms in total. The number of aliphatic hydroxyl groups excluding tert-OH is 3. The molecular formula is C20H24ClN7O4S2. The van der Waals surface area contributed by atoms with Gasteiger partial charge in [0, 0.05) is 24.1 Å². The van der Waals surface area contributed by atoms with Gasteiger partial charge in [-0.05, 0) is 18.2 Å². The van der Waals surface area contributed by atoms with Gasteiger partial charge in [-0.1, -0.05) is 24.9 Å². The van der Waals surface area contributed by atoms with E-state index in [2.05, 4.69) is 9.97 Å². The third-order valence-electron chi connectivity index (χ3n) is 5.74. The summed E-state index contributed by atoms with van der Waals surface area (Å²) in [6.45, 7) is 1.54. The molecule has 1 unspecified atom stereocenters. The molecule has 0 aliphatic carbocycles. The fourth-order valence-electron chi connectivity index (χ4n) is 4.06. The number of fused-ring (bicyclic) bond motifs is 2. The summed E-state index contributed by atoms with van der Waals surface area (Å²) in [6.07, 6.45) is -1.87. The molecule has 0 radical (unpaired) electrons. The Labute approximate surface area is 207 Å². The summed E-state index contributed by atoms with van der Waals surface area (Å²) in [5.74, 6) is 0.280. The van der Waals surface area contributed by atoms with E-state index in [1.807, 2.05) is 19.1 Å². The van der Waals surface area contributed by atoms with Gasteiger partial charge in [0.15, 0.2) is 16.1 Å². The Kier molecular flexibility index (Phi) is 6.13. The van der Waals surface area contributed by atoms with E-state index >= 15 is 0 Å². The number of halogens is 1. The maximum Gasteiger partial charge on any atom is 0.221 e. The molecule has 4 heterocycles. The number of hydrogen-bond acceptors (Lipinski definition) is 12. The topological polar surface area (TPSA) is 168 Å². The van der Waals surface area contributed by atoms with Crippen molar-refractivity contribution >= 4 is 56.6 Å². The number of ether oxygens (including phenoxy) is 1. The van der Waals surface area contributed by atoms with Gasteiger partial charge in [-0.3, -0.25) is 8.87 Å². The molecule has 182 valence electrons. The summed E-state index contributed by atoms with van der Waals surface area (Å²) in [7, 11) is 0. The molecule has 0 saturated carbocycles. The quantitative estimate of drug-likeness (QED) is 0.128. The highest BCUT2D eigenvalue weighted by molar-refractivity contribution is 7.99. The first kappa shape index (κ1) is 23.6. The second-order valence-corrected chi connectivity index (χ2v) is 10.9. The van der Waals surface area contributed by atoms with E-state index in [4.69, 9.17) is 32.8 Å². The van der Waals surface area contributed by atoms with Crippen LogP contribution in [0.1, 0.15) is 26.0 Å². The smallest absolute Gasteiger partial charge is 0.221 e. The van der Waals surface area contributed by atoms with Gasteiger partial charge in [0.2, 0.25) is 5.12 Å². The van der Waals surface area contributed by atoms with Crippen LogP contribution in [0.2, 0.25) is 0 Å². The van der Waals surface area contributed by atoms with Crippen molar-refractivity contribution in [1.29, 1.82) is 0 Å². The van der Waals surface area contributed by atoms with Gasteiger partial charge in [-0.15, -0.1) is 11.3 Å². The molecule has 2 aliphatic rings. The molecule has 3 aromatic rings. The molecule has 2 aromatic heterocycles. The molecule has 1 saturated heterocycles. The first-order chi connectivity index (χ1) is 16.3. The Morgan fingerprint density at radius 3 is 2.79 bits per heavy atom. The minimum absolute atomic E-state index is 0.280. The Hall–Kier alpha value is -2.13. The first-order valence-electron chi connectivity index (χ1n) is 10.6. The van der Waals surface area contributed by atoms with Crippen LogP contribution in [-0.2, 0) is 4.74 Å². The van der Waals surface area contributed by atoms with E-state index in [1.54, 1.807) is 10.4 Å². The lowest BCUT2D eigenvalue weighted by Gasteiger charge is -2.37. The highest BCUT2D eigenvalue weighted by Crippen LogP contribution is 2.42. The minimum atomic E-state index is -1.29.